The molecule has 1 aromatic carbocycles. The van der Waals surface area contributed by atoms with Crippen molar-refractivity contribution in [2.45, 2.75) is 19.8 Å². The second-order valence-corrected chi connectivity index (χ2v) is 4.82. The third kappa shape index (κ3) is 2.72. The Hall–Kier alpha value is -1.97. The Morgan fingerprint density at radius 1 is 1.21 bits per heavy atom. The number of allylic oxidation sites excluding steroid dienone is 2. The van der Waals surface area contributed by atoms with Crippen LogP contribution in [0.1, 0.15) is 28.8 Å². The average Bonchev–Trinajstić information content (AvgIpc) is 2.41. The predicted octanol–water partition coefficient (Wildman–Crippen LogP) is 2.98. The number of benzene rings is 1. The fourth-order valence-corrected chi connectivity index (χ4v) is 2.34. The third-order valence-corrected chi connectivity index (χ3v) is 3.54. The molecule has 0 spiro atoms. The van der Waals surface area contributed by atoms with Gasteiger partial charge in [0.15, 0.2) is 5.78 Å². The van der Waals surface area contributed by atoms with Crippen molar-refractivity contribution < 1.29 is 19.1 Å². The predicted molar refractivity (Wildman–Crippen MR) is 68.5 cm³/mol. The molecular weight excluding hydrogens is 247 g/mol. The number of aliphatic carboxylic acids is 1. The second kappa shape index (κ2) is 5.34. The molecule has 0 amide bonds. The van der Waals surface area contributed by atoms with Gasteiger partial charge in [-0.2, -0.15) is 0 Å². The molecular formula is C15H15FO3. The maximum absolute atomic E-state index is 13.5. The van der Waals surface area contributed by atoms with Crippen molar-refractivity contribution >= 4 is 11.8 Å². The standard InChI is InChI=1S/C15H15FO3/c1-9-6-7-10(8-13(9)16)14(17)11-4-2-3-5-12(11)15(18)19/h2-3,6-8,11-12H,4-5H2,1H3,(H,18,19). The zero-order valence-corrected chi connectivity index (χ0v) is 10.6. The SMILES string of the molecule is Cc1ccc(C(=O)C2CC=CCC2C(=O)O)cc1F. The molecule has 0 heterocycles. The van der Waals surface area contributed by atoms with Gasteiger partial charge < -0.3 is 5.11 Å². The first-order valence-corrected chi connectivity index (χ1v) is 6.19. The van der Waals surface area contributed by atoms with E-state index in [2.05, 4.69) is 0 Å². The molecule has 1 aliphatic rings. The Labute approximate surface area is 110 Å². The molecule has 1 aromatic rings. The topological polar surface area (TPSA) is 54.4 Å². The molecule has 0 fully saturated rings. The number of rotatable bonds is 3. The quantitative estimate of drug-likeness (QED) is 0.673. The molecule has 100 valence electrons. The first kappa shape index (κ1) is 13.5. The number of hydrogen-bond donors (Lipinski definition) is 1. The lowest BCUT2D eigenvalue weighted by Crippen LogP contribution is -2.31. The lowest BCUT2D eigenvalue weighted by atomic mass is 9.78. The molecule has 3 nitrogen and oxygen atoms in total. The van der Waals surface area contributed by atoms with Gasteiger partial charge in [0.2, 0.25) is 0 Å². The monoisotopic (exact) mass is 262 g/mol. The minimum atomic E-state index is -0.977. The van der Waals surface area contributed by atoms with Crippen LogP contribution in [-0.4, -0.2) is 16.9 Å². The van der Waals surface area contributed by atoms with Gasteiger partial charge in [-0.3, -0.25) is 9.59 Å². The molecule has 0 saturated heterocycles. The molecule has 2 atom stereocenters. The van der Waals surface area contributed by atoms with E-state index in [1.54, 1.807) is 19.1 Å². The maximum Gasteiger partial charge on any atom is 0.307 e. The van der Waals surface area contributed by atoms with Gasteiger partial charge in [0, 0.05) is 11.5 Å². The summed E-state index contributed by atoms with van der Waals surface area (Å²) in [5.41, 5.74) is 0.713. The Kier molecular flexibility index (Phi) is 3.79. The Balaban J connectivity index is 2.29. The van der Waals surface area contributed by atoms with E-state index in [0.29, 0.717) is 18.4 Å². The van der Waals surface area contributed by atoms with Crippen LogP contribution < -0.4 is 0 Å². The van der Waals surface area contributed by atoms with Crippen molar-refractivity contribution in [2.24, 2.45) is 11.8 Å². The van der Waals surface area contributed by atoms with Gasteiger partial charge in [-0.1, -0.05) is 24.3 Å². The van der Waals surface area contributed by atoms with Crippen LogP contribution in [0, 0.1) is 24.6 Å². The van der Waals surface area contributed by atoms with Gasteiger partial charge in [0.25, 0.3) is 0 Å². The van der Waals surface area contributed by atoms with E-state index >= 15 is 0 Å². The number of Topliss-reactive ketones (excluding diaryl/α,β-unsaturated/α-hetero) is 1. The Morgan fingerprint density at radius 2 is 1.84 bits per heavy atom. The number of ketones is 1. The lowest BCUT2D eigenvalue weighted by Gasteiger charge is -2.24. The summed E-state index contributed by atoms with van der Waals surface area (Å²) in [6.07, 6.45) is 4.33. The lowest BCUT2D eigenvalue weighted by molar-refractivity contribution is -0.143. The summed E-state index contributed by atoms with van der Waals surface area (Å²) in [5.74, 6) is -3.04. The summed E-state index contributed by atoms with van der Waals surface area (Å²) in [6.45, 7) is 1.62. The Bertz CT molecular complexity index is 548. The second-order valence-electron chi connectivity index (χ2n) is 4.82. The largest absolute Gasteiger partial charge is 0.481 e. The summed E-state index contributed by atoms with van der Waals surface area (Å²) in [6, 6.07) is 4.28. The zero-order valence-electron chi connectivity index (χ0n) is 10.6. The highest BCUT2D eigenvalue weighted by Crippen LogP contribution is 2.29. The molecule has 0 aliphatic heterocycles. The van der Waals surface area contributed by atoms with E-state index in [9.17, 15) is 14.0 Å². The van der Waals surface area contributed by atoms with E-state index in [-0.39, 0.29) is 11.3 Å². The van der Waals surface area contributed by atoms with Crippen LogP contribution in [0.3, 0.4) is 0 Å². The number of hydrogen-bond acceptors (Lipinski definition) is 2. The first-order valence-electron chi connectivity index (χ1n) is 6.19. The molecule has 1 aliphatic carbocycles. The highest BCUT2D eigenvalue weighted by molar-refractivity contribution is 6.00. The Morgan fingerprint density at radius 3 is 2.42 bits per heavy atom. The summed E-state index contributed by atoms with van der Waals surface area (Å²) >= 11 is 0. The van der Waals surface area contributed by atoms with Crippen molar-refractivity contribution in [3.63, 3.8) is 0 Å². The molecule has 0 aromatic heterocycles. The highest BCUT2D eigenvalue weighted by Gasteiger charge is 2.34. The van der Waals surface area contributed by atoms with Gasteiger partial charge in [-0.05, 0) is 31.4 Å². The highest BCUT2D eigenvalue weighted by atomic mass is 19.1. The van der Waals surface area contributed by atoms with Crippen LogP contribution in [0.25, 0.3) is 0 Å². The normalized spacial score (nSPS) is 22.2. The van der Waals surface area contributed by atoms with Gasteiger partial charge in [-0.25, -0.2) is 4.39 Å². The van der Waals surface area contributed by atoms with Crippen LogP contribution >= 0.6 is 0 Å². The zero-order chi connectivity index (χ0) is 14.0. The summed E-state index contributed by atoms with van der Waals surface area (Å²) in [7, 11) is 0. The van der Waals surface area contributed by atoms with Crippen molar-refractivity contribution in [1.29, 1.82) is 0 Å². The summed E-state index contributed by atoms with van der Waals surface area (Å²) in [4.78, 5) is 23.5. The van der Waals surface area contributed by atoms with E-state index in [1.807, 2.05) is 6.08 Å². The van der Waals surface area contributed by atoms with Crippen molar-refractivity contribution in [3.05, 3.63) is 47.3 Å². The molecule has 1 N–H and O–H groups in total. The van der Waals surface area contributed by atoms with Crippen LogP contribution in [0.5, 0.6) is 0 Å². The first-order chi connectivity index (χ1) is 9.00. The minimum absolute atomic E-state index is 0.245. The molecule has 2 unspecified atom stereocenters. The van der Waals surface area contributed by atoms with Crippen molar-refractivity contribution in [3.8, 4) is 0 Å². The molecule has 0 radical (unpaired) electrons. The van der Waals surface area contributed by atoms with Crippen molar-refractivity contribution in [1.82, 2.24) is 0 Å². The van der Waals surface area contributed by atoms with Gasteiger partial charge in [0.1, 0.15) is 5.82 Å². The summed E-state index contributed by atoms with van der Waals surface area (Å²) in [5, 5.41) is 9.14. The van der Waals surface area contributed by atoms with Gasteiger partial charge in [0.05, 0.1) is 5.92 Å². The summed E-state index contributed by atoms with van der Waals surface area (Å²) < 4.78 is 13.5. The van der Waals surface area contributed by atoms with Gasteiger partial charge >= 0.3 is 5.97 Å². The third-order valence-electron chi connectivity index (χ3n) is 3.54. The fraction of sp³-hybridized carbons (Fsp3) is 0.333. The number of carboxylic acids is 1. The number of carboxylic acid groups (broad SMARTS) is 1. The smallest absolute Gasteiger partial charge is 0.307 e. The van der Waals surface area contributed by atoms with Crippen LogP contribution in [0.15, 0.2) is 30.4 Å². The molecule has 0 saturated carbocycles. The molecule has 0 bridgehead atoms. The van der Waals surface area contributed by atoms with Crippen LogP contribution in [0.4, 0.5) is 4.39 Å². The van der Waals surface area contributed by atoms with E-state index < -0.39 is 23.6 Å². The minimum Gasteiger partial charge on any atom is -0.481 e. The fourth-order valence-electron chi connectivity index (χ4n) is 2.34. The van der Waals surface area contributed by atoms with Crippen molar-refractivity contribution in [2.75, 3.05) is 0 Å². The number of carbonyl (C=O) groups excluding carboxylic acids is 1. The number of carbonyl (C=O) groups is 2. The average molecular weight is 262 g/mol. The van der Waals surface area contributed by atoms with E-state index in [4.69, 9.17) is 5.11 Å². The van der Waals surface area contributed by atoms with Gasteiger partial charge in [-0.15, -0.1) is 0 Å². The van der Waals surface area contributed by atoms with Crippen LogP contribution in [-0.2, 0) is 4.79 Å². The molecule has 19 heavy (non-hydrogen) atoms. The van der Waals surface area contributed by atoms with Crippen LogP contribution in [0.2, 0.25) is 0 Å². The maximum atomic E-state index is 13.5. The number of aryl methyl sites for hydroxylation is 1. The number of halogens is 1. The van der Waals surface area contributed by atoms with E-state index in [0.717, 1.165) is 0 Å². The van der Waals surface area contributed by atoms with E-state index in [1.165, 1.54) is 12.1 Å². The molecule has 2 rings (SSSR count). The molecule has 4 heteroatoms.